The van der Waals surface area contributed by atoms with Gasteiger partial charge in [-0.05, 0) is 37.3 Å². The van der Waals surface area contributed by atoms with Gasteiger partial charge < -0.3 is 10.1 Å². The number of pyridine rings is 1. The highest BCUT2D eigenvalue weighted by atomic mass is 35.5. The number of rotatable bonds is 4. The third-order valence-corrected chi connectivity index (χ3v) is 4.43. The summed E-state index contributed by atoms with van der Waals surface area (Å²) in [5.41, 5.74) is 3.12. The van der Waals surface area contributed by atoms with E-state index in [2.05, 4.69) is 22.3 Å². The van der Waals surface area contributed by atoms with Gasteiger partial charge in [-0.3, -0.25) is 9.88 Å². The number of nitrogens with zero attached hydrogens (tertiary/aromatic N) is 2. The molecule has 1 aromatic heterocycles. The van der Waals surface area contributed by atoms with Gasteiger partial charge in [0.2, 0.25) is 0 Å². The van der Waals surface area contributed by atoms with Gasteiger partial charge in [0.05, 0.1) is 18.8 Å². The largest absolute Gasteiger partial charge is 0.496 e. The Labute approximate surface area is 142 Å². The SMILES string of the molecule is COc1ccc(Cl)cc1C(c1cccc(C)n1)N1CCNCC1. The Kier molecular flexibility index (Phi) is 5.16. The number of piperazine rings is 1. The maximum Gasteiger partial charge on any atom is 0.124 e. The van der Waals surface area contributed by atoms with Gasteiger partial charge in [0.1, 0.15) is 5.75 Å². The number of ether oxygens (including phenoxy) is 1. The van der Waals surface area contributed by atoms with Gasteiger partial charge in [0.25, 0.3) is 0 Å². The Balaban J connectivity index is 2.09. The van der Waals surface area contributed by atoms with Crippen molar-refractivity contribution in [3.05, 3.63) is 58.4 Å². The second kappa shape index (κ2) is 7.30. The molecule has 1 saturated heterocycles. The van der Waals surface area contributed by atoms with Crippen LogP contribution in [-0.2, 0) is 0 Å². The first-order valence-electron chi connectivity index (χ1n) is 7.91. The first-order chi connectivity index (χ1) is 11.2. The van der Waals surface area contributed by atoms with Crippen molar-refractivity contribution in [3.63, 3.8) is 0 Å². The van der Waals surface area contributed by atoms with E-state index in [0.717, 1.165) is 48.9 Å². The van der Waals surface area contributed by atoms with E-state index in [0.29, 0.717) is 5.02 Å². The van der Waals surface area contributed by atoms with E-state index < -0.39 is 0 Å². The Hall–Kier alpha value is -1.62. The smallest absolute Gasteiger partial charge is 0.124 e. The lowest BCUT2D eigenvalue weighted by molar-refractivity contribution is 0.192. The summed E-state index contributed by atoms with van der Waals surface area (Å²) < 4.78 is 5.60. The summed E-state index contributed by atoms with van der Waals surface area (Å²) in [6, 6.07) is 12.0. The van der Waals surface area contributed by atoms with Crippen molar-refractivity contribution in [2.24, 2.45) is 0 Å². The normalized spacial score (nSPS) is 17.0. The standard InChI is InChI=1S/C18H22ClN3O/c1-13-4-3-5-16(21-13)18(22-10-8-20-9-11-22)15-12-14(19)6-7-17(15)23-2/h3-7,12,18,20H,8-11H2,1-2H3. The second-order valence-electron chi connectivity index (χ2n) is 5.78. The Morgan fingerprint density at radius 3 is 2.70 bits per heavy atom. The van der Waals surface area contributed by atoms with Crippen LogP contribution in [0.15, 0.2) is 36.4 Å². The number of benzene rings is 1. The van der Waals surface area contributed by atoms with E-state index in [1.54, 1.807) is 7.11 Å². The fourth-order valence-electron chi connectivity index (χ4n) is 3.12. The summed E-state index contributed by atoms with van der Waals surface area (Å²) in [7, 11) is 1.70. The number of hydrogen-bond acceptors (Lipinski definition) is 4. The molecule has 1 unspecified atom stereocenters. The maximum atomic E-state index is 6.27. The van der Waals surface area contributed by atoms with Crippen molar-refractivity contribution in [2.75, 3.05) is 33.3 Å². The first kappa shape index (κ1) is 16.2. The molecule has 1 N–H and O–H groups in total. The first-order valence-corrected chi connectivity index (χ1v) is 8.28. The van der Waals surface area contributed by atoms with Gasteiger partial charge in [0.15, 0.2) is 0 Å². The summed E-state index contributed by atoms with van der Waals surface area (Å²) in [4.78, 5) is 7.21. The van der Waals surface area contributed by atoms with Crippen LogP contribution in [0.5, 0.6) is 5.75 Å². The zero-order chi connectivity index (χ0) is 16.2. The molecular formula is C18H22ClN3O. The molecule has 0 spiro atoms. The fraction of sp³-hybridized carbons (Fsp3) is 0.389. The molecule has 0 bridgehead atoms. The van der Waals surface area contributed by atoms with E-state index in [9.17, 15) is 0 Å². The number of aromatic nitrogens is 1. The molecule has 0 radical (unpaired) electrons. The topological polar surface area (TPSA) is 37.4 Å². The molecule has 2 aromatic rings. The molecule has 23 heavy (non-hydrogen) atoms. The minimum absolute atomic E-state index is 0.0469. The van der Waals surface area contributed by atoms with Crippen molar-refractivity contribution >= 4 is 11.6 Å². The zero-order valence-electron chi connectivity index (χ0n) is 13.6. The molecule has 1 fully saturated rings. The lowest BCUT2D eigenvalue weighted by atomic mass is 9.99. The second-order valence-corrected chi connectivity index (χ2v) is 6.22. The number of methoxy groups -OCH3 is 1. The van der Waals surface area contributed by atoms with Crippen LogP contribution in [0, 0.1) is 6.92 Å². The van der Waals surface area contributed by atoms with E-state index in [1.807, 2.05) is 31.2 Å². The molecule has 122 valence electrons. The average molecular weight is 332 g/mol. The minimum Gasteiger partial charge on any atom is -0.496 e. The number of aryl methyl sites for hydroxylation is 1. The number of halogens is 1. The molecule has 2 heterocycles. The molecule has 4 nitrogen and oxygen atoms in total. The van der Waals surface area contributed by atoms with E-state index >= 15 is 0 Å². The molecular weight excluding hydrogens is 310 g/mol. The predicted octanol–water partition coefficient (Wildman–Crippen LogP) is 3.05. The van der Waals surface area contributed by atoms with Gasteiger partial charge in [-0.1, -0.05) is 17.7 Å². The number of nitrogens with one attached hydrogen (secondary N) is 1. The highest BCUT2D eigenvalue weighted by Gasteiger charge is 2.27. The molecule has 1 atom stereocenters. The maximum absolute atomic E-state index is 6.27. The lowest BCUT2D eigenvalue weighted by Crippen LogP contribution is -2.45. The van der Waals surface area contributed by atoms with Crippen molar-refractivity contribution in [2.45, 2.75) is 13.0 Å². The summed E-state index contributed by atoms with van der Waals surface area (Å²) in [5.74, 6) is 0.848. The van der Waals surface area contributed by atoms with Gasteiger partial charge in [0, 0.05) is 42.5 Å². The van der Waals surface area contributed by atoms with Crippen LogP contribution < -0.4 is 10.1 Å². The highest BCUT2D eigenvalue weighted by molar-refractivity contribution is 6.30. The summed E-state index contributed by atoms with van der Waals surface area (Å²) in [6.45, 7) is 5.91. The van der Waals surface area contributed by atoms with Crippen molar-refractivity contribution in [3.8, 4) is 5.75 Å². The van der Waals surface area contributed by atoms with Crippen LogP contribution in [0.3, 0.4) is 0 Å². The molecule has 0 amide bonds. The van der Waals surface area contributed by atoms with Crippen molar-refractivity contribution in [1.82, 2.24) is 15.2 Å². The van der Waals surface area contributed by atoms with Crippen LogP contribution in [0.1, 0.15) is 23.0 Å². The monoisotopic (exact) mass is 331 g/mol. The molecule has 1 aliphatic heterocycles. The summed E-state index contributed by atoms with van der Waals surface area (Å²) >= 11 is 6.27. The van der Waals surface area contributed by atoms with E-state index in [4.69, 9.17) is 21.3 Å². The van der Waals surface area contributed by atoms with E-state index in [-0.39, 0.29) is 6.04 Å². The van der Waals surface area contributed by atoms with Crippen molar-refractivity contribution in [1.29, 1.82) is 0 Å². The fourth-order valence-corrected chi connectivity index (χ4v) is 3.30. The third-order valence-electron chi connectivity index (χ3n) is 4.19. The van der Waals surface area contributed by atoms with Crippen LogP contribution >= 0.6 is 11.6 Å². The summed E-state index contributed by atoms with van der Waals surface area (Å²) in [6.07, 6.45) is 0. The molecule has 0 aliphatic carbocycles. The van der Waals surface area contributed by atoms with Crippen molar-refractivity contribution < 1.29 is 4.74 Å². The van der Waals surface area contributed by atoms with Gasteiger partial charge in [-0.15, -0.1) is 0 Å². The van der Waals surface area contributed by atoms with Crippen LogP contribution in [0.25, 0.3) is 0 Å². The van der Waals surface area contributed by atoms with Gasteiger partial charge in [-0.25, -0.2) is 0 Å². The molecule has 1 aromatic carbocycles. The Bertz CT molecular complexity index is 671. The average Bonchev–Trinajstić information content (AvgIpc) is 2.56. The number of hydrogen-bond donors (Lipinski definition) is 1. The van der Waals surface area contributed by atoms with Crippen LogP contribution in [0.4, 0.5) is 0 Å². The highest BCUT2D eigenvalue weighted by Crippen LogP contribution is 2.35. The molecule has 5 heteroatoms. The Morgan fingerprint density at radius 1 is 1.22 bits per heavy atom. The van der Waals surface area contributed by atoms with E-state index in [1.165, 1.54) is 0 Å². The molecule has 0 saturated carbocycles. The summed E-state index contributed by atoms with van der Waals surface area (Å²) in [5, 5.41) is 4.12. The van der Waals surface area contributed by atoms with Gasteiger partial charge in [-0.2, -0.15) is 0 Å². The van der Waals surface area contributed by atoms with Crippen LogP contribution in [-0.4, -0.2) is 43.2 Å². The minimum atomic E-state index is 0.0469. The third kappa shape index (κ3) is 3.66. The molecule has 3 rings (SSSR count). The van der Waals surface area contributed by atoms with Gasteiger partial charge >= 0.3 is 0 Å². The quantitative estimate of drug-likeness (QED) is 0.934. The lowest BCUT2D eigenvalue weighted by Gasteiger charge is -2.35. The zero-order valence-corrected chi connectivity index (χ0v) is 14.3. The Morgan fingerprint density at radius 2 is 2.00 bits per heavy atom. The van der Waals surface area contributed by atoms with Crippen LogP contribution in [0.2, 0.25) is 5.02 Å². The molecule has 1 aliphatic rings. The predicted molar refractivity (Wildman–Crippen MR) is 93.3 cm³/mol.